The normalized spacial score (nSPS) is 20.5. The highest BCUT2D eigenvalue weighted by Crippen LogP contribution is 2.40. The quantitative estimate of drug-likeness (QED) is 0.107. The van der Waals surface area contributed by atoms with Crippen molar-refractivity contribution in [1.82, 2.24) is 34.2 Å². The number of likely N-dealkylation sites (tertiary alicyclic amines) is 1. The Morgan fingerprint density at radius 2 is 1.54 bits per heavy atom. The van der Waals surface area contributed by atoms with E-state index >= 15 is 0 Å². The summed E-state index contributed by atoms with van der Waals surface area (Å²) in [4.78, 5) is 25.9. The molecule has 2 fully saturated rings. The fourth-order valence-electron chi connectivity index (χ4n) is 7.03. The predicted molar refractivity (Wildman–Crippen MR) is 194 cm³/mol. The topological polar surface area (TPSA) is 187 Å². The van der Waals surface area contributed by atoms with Crippen molar-refractivity contribution in [2.75, 3.05) is 43.4 Å². The van der Waals surface area contributed by atoms with Gasteiger partial charge in [0.15, 0.2) is 17.0 Å². The third-order valence-corrected chi connectivity index (χ3v) is 9.86. The number of hydrogen-bond acceptors (Lipinski definition) is 11. The zero-order valence-corrected chi connectivity index (χ0v) is 29.4. The molecular formula is C37H44F3N9O5. The van der Waals surface area contributed by atoms with Gasteiger partial charge < -0.3 is 40.5 Å². The molecular weight excluding hydrogens is 707 g/mol. The number of nitrogens with zero attached hydrogens (tertiary/aromatic N) is 7. The third kappa shape index (κ3) is 9.15. The number of benzene rings is 2. The molecule has 54 heavy (non-hydrogen) atoms. The molecule has 0 radical (unpaired) electrons. The number of nitrogens with one attached hydrogen (secondary N) is 2. The van der Waals surface area contributed by atoms with Gasteiger partial charge in [0.1, 0.15) is 12.2 Å². The zero-order valence-electron chi connectivity index (χ0n) is 29.4. The number of carboxylic acid groups (broad SMARTS) is 1. The van der Waals surface area contributed by atoms with Crippen molar-refractivity contribution in [3.8, 4) is 0 Å². The number of imidazole rings is 1. The number of carbonyl (C=O) groups is 1. The number of carboxylic acids is 1. The van der Waals surface area contributed by atoms with Gasteiger partial charge in [-0.1, -0.05) is 67.1 Å². The fraction of sp³-hybridized carbons (Fsp3) is 0.432. The molecule has 1 saturated carbocycles. The highest BCUT2D eigenvalue weighted by molar-refractivity contribution is 5.84. The Hall–Kier alpha value is -5.10. The van der Waals surface area contributed by atoms with Crippen LogP contribution in [0.2, 0.25) is 0 Å². The van der Waals surface area contributed by atoms with Crippen molar-refractivity contribution in [1.29, 1.82) is 0 Å². The Balaban J connectivity index is 0.000000649. The van der Waals surface area contributed by atoms with Gasteiger partial charge in [0, 0.05) is 37.3 Å². The number of rotatable bonds is 12. The molecule has 5 aromatic rings. The van der Waals surface area contributed by atoms with Crippen molar-refractivity contribution >= 4 is 28.9 Å². The second-order valence-electron chi connectivity index (χ2n) is 13.4. The Kier molecular flexibility index (Phi) is 12.4. The molecule has 1 aliphatic heterocycles. The Morgan fingerprint density at radius 3 is 2.13 bits per heavy atom. The van der Waals surface area contributed by atoms with Crippen LogP contribution in [0.3, 0.4) is 0 Å². The van der Waals surface area contributed by atoms with E-state index in [9.17, 15) is 28.5 Å². The van der Waals surface area contributed by atoms with E-state index in [1.54, 1.807) is 23.4 Å². The Bertz CT molecular complexity index is 1920. The summed E-state index contributed by atoms with van der Waals surface area (Å²) in [5, 5.41) is 50.4. The molecule has 1 aliphatic carbocycles. The number of piperidine rings is 1. The first kappa shape index (κ1) is 38.6. The first-order chi connectivity index (χ1) is 26.0. The lowest BCUT2D eigenvalue weighted by Gasteiger charge is -2.26. The molecule has 14 nitrogen and oxygen atoms in total. The Morgan fingerprint density at radius 1 is 0.907 bits per heavy atom. The number of alkyl halides is 3. The summed E-state index contributed by atoms with van der Waals surface area (Å²) >= 11 is 0. The number of aromatic nitrogens is 6. The lowest BCUT2D eigenvalue weighted by atomic mass is 9.91. The first-order valence-electron chi connectivity index (χ1n) is 17.9. The van der Waals surface area contributed by atoms with E-state index in [0.717, 1.165) is 19.6 Å². The number of aliphatic carboxylic acids is 1. The number of halogens is 3. The molecule has 4 atom stereocenters. The van der Waals surface area contributed by atoms with Crippen molar-refractivity contribution in [2.45, 2.75) is 68.7 Å². The SMILES string of the molecule is O=C(O)C(F)(F)F.OCc1cnn(C2CC(n3cnc4c(NCC(c5ccccc5)c5ccccc5)nc(NCCN5CCCCC5)nc43)C(O)C2O)c1. The molecule has 4 heterocycles. The van der Waals surface area contributed by atoms with Crippen molar-refractivity contribution in [3.05, 3.63) is 96.1 Å². The van der Waals surface area contributed by atoms with Crippen LogP contribution in [0.4, 0.5) is 24.9 Å². The fourth-order valence-corrected chi connectivity index (χ4v) is 7.03. The van der Waals surface area contributed by atoms with Gasteiger partial charge in [-0.25, -0.2) is 9.78 Å². The highest BCUT2D eigenvalue weighted by atomic mass is 19.4. The number of aliphatic hydroxyl groups excluding tert-OH is 3. The lowest BCUT2D eigenvalue weighted by molar-refractivity contribution is -0.192. The minimum atomic E-state index is -5.08. The summed E-state index contributed by atoms with van der Waals surface area (Å²) < 4.78 is 35.2. The van der Waals surface area contributed by atoms with Gasteiger partial charge in [-0.05, 0) is 43.5 Å². The number of aliphatic hydroxyl groups is 3. The minimum absolute atomic E-state index is 0.0745. The summed E-state index contributed by atoms with van der Waals surface area (Å²) in [6, 6.07) is 19.9. The maximum Gasteiger partial charge on any atom is 0.490 e. The van der Waals surface area contributed by atoms with Crippen molar-refractivity contribution in [2.24, 2.45) is 0 Å². The molecule has 0 bridgehead atoms. The van der Waals surface area contributed by atoms with Gasteiger partial charge in [-0.3, -0.25) is 4.68 Å². The van der Waals surface area contributed by atoms with Crippen LogP contribution in [-0.2, 0) is 11.4 Å². The molecule has 2 aliphatic rings. The number of hydrogen-bond donors (Lipinski definition) is 6. The van der Waals surface area contributed by atoms with Crippen LogP contribution >= 0.6 is 0 Å². The summed E-state index contributed by atoms with van der Waals surface area (Å²) in [5.74, 6) is -1.59. The van der Waals surface area contributed by atoms with Crippen LogP contribution in [0.25, 0.3) is 11.2 Å². The summed E-state index contributed by atoms with van der Waals surface area (Å²) in [6.07, 6.45) is 1.93. The molecule has 3 aromatic heterocycles. The van der Waals surface area contributed by atoms with Crippen LogP contribution in [-0.4, -0.2) is 112 Å². The zero-order chi connectivity index (χ0) is 38.2. The molecule has 6 N–H and O–H groups in total. The summed E-state index contributed by atoms with van der Waals surface area (Å²) in [7, 11) is 0. The minimum Gasteiger partial charge on any atom is -0.475 e. The summed E-state index contributed by atoms with van der Waals surface area (Å²) in [6.45, 7) is 4.27. The van der Waals surface area contributed by atoms with Crippen LogP contribution in [0.5, 0.6) is 0 Å². The molecule has 17 heteroatoms. The Labute approximate surface area is 309 Å². The highest BCUT2D eigenvalue weighted by Gasteiger charge is 2.44. The summed E-state index contributed by atoms with van der Waals surface area (Å²) in [5.41, 5.74) is 4.21. The van der Waals surface area contributed by atoms with Crippen LogP contribution < -0.4 is 10.6 Å². The lowest BCUT2D eigenvalue weighted by Crippen LogP contribution is -2.34. The maximum absolute atomic E-state index is 11.3. The van der Waals surface area contributed by atoms with Crippen molar-refractivity contribution < 1.29 is 38.4 Å². The molecule has 2 aromatic carbocycles. The third-order valence-electron chi connectivity index (χ3n) is 9.86. The number of anilines is 2. The van der Waals surface area contributed by atoms with Gasteiger partial charge in [-0.15, -0.1) is 0 Å². The molecule has 7 rings (SSSR count). The standard InChI is InChI=1S/C35H43N9O3.C2HF3O2/c45-22-24-19-39-44(21-24)29-18-28(31(46)32(29)47)43-23-38-30-33(40-35(41-34(30)43)36-14-17-42-15-8-3-9-16-42)37-20-27(25-10-4-1-5-11-25)26-12-6-2-7-13-26;3-2(4,5)1(6)7/h1-2,4-7,10-13,19,21,23,27-29,31-32,45-47H,3,8-9,14-18,20,22H2,(H2,36,37,40,41);(H,6,7). The van der Waals surface area contributed by atoms with E-state index in [2.05, 4.69) is 69.2 Å². The van der Waals surface area contributed by atoms with E-state index in [0.29, 0.717) is 48.0 Å². The van der Waals surface area contributed by atoms with Gasteiger partial charge in [0.05, 0.1) is 31.2 Å². The average molecular weight is 752 g/mol. The molecule has 0 spiro atoms. The van der Waals surface area contributed by atoms with Crippen molar-refractivity contribution in [3.63, 3.8) is 0 Å². The number of fused-ring (bicyclic) bond motifs is 1. The predicted octanol–water partition coefficient (Wildman–Crippen LogP) is 4.20. The van der Waals surface area contributed by atoms with E-state index < -0.39 is 36.4 Å². The average Bonchev–Trinajstić information content (AvgIpc) is 3.90. The second-order valence-corrected chi connectivity index (χ2v) is 13.4. The van der Waals surface area contributed by atoms with E-state index in [-0.39, 0.29) is 12.5 Å². The smallest absolute Gasteiger partial charge is 0.475 e. The first-order valence-corrected chi connectivity index (χ1v) is 17.9. The van der Waals surface area contributed by atoms with E-state index in [4.69, 9.17) is 24.9 Å². The second kappa shape index (κ2) is 17.4. The maximum atomic E-state index is 11.3. The van der Waals surface area contributed by atoms with Gasteiger partial charge in [0.2, 0.25) is 5.95 Å². The molecule has 0 amide bonds. The van der Waals surface area contributed by atoms with E-state index in [1.165, 1.54) is 30.4 Å². The van der Waals surface area contributed by atoms with E-state index in [1.807, 2.05) is 16.7 Å². The molecule has 1 saturated heterocycles. The van der Waals surface area contributed by atoms with Gasteiger partial charge in [0.25, 0.3) is 0 Å². The molecule has 4 unspecified atom stereocenters. The van der Waals surface area contributed by atoms with Crippen LogP contribution in [0.1, 0.15) is 60.4 Å². The monoisotopic (exact) mass is 751 g/mol. The molecule has 288 valence electrons. The van der Waals surface area contributed by atoms with Crippen LogP contribution in [0.15, 0.2) is 79.4 Å². The van der Waals surface area contributed by atoms with Gasteiger partial charge >= 0.3 is 12.1 Å². The largest absolute Gasteiger partial charge is 0.490 e. The van der Waals surface area contributed by atoms with Gasteiger partial charge in [-0.2, -0.15) is 28.2 Å². The van der Waals surface area contributed by atoms with Crippen LogP contribution in [0, 0.1) is 0 Å².